The van der Waals surface area contributed by atoms with Gasteiger partial charge in [-0.3, -0.25) is 0 Å². The maximum Gasteiger partial charge on any atom is 0.164 e. The molecule has 1 N–H and O–H groups in total. The second kappa shape index (κ2) is 7.36. The van der Waals surface area contributed by atoms with Crippen molar-refractivity contribution in [3.05, 3.63) is 66.4 Å². The molecule has 0 fully saturated rings. The summed E-state index contributed by atoms with van der Waals surface area (Å²) in [6.45, 7) is 1.90. The molecule has 0 aliphatic carbocycles. The Morgan fingerprint density at radius 1 is 1.14 bits per heavy atom. The molecule has 2 aromatic carbocycles. The molecule has 2 aliphatic rings. The van der Waals surface area contributed by atoms with E-state index in [1.807, 2.05) is 12.1 Å². The van der Waals surface area contributed by atoms with E-state index in [-0.39, 0.29) is 6.10 Å². The molecular formula is C24H26N2O2. The Balaban J connectivity index is 1.40. The largest absolute Gasteiger partial charge is 0.493 e. The number of methoxy groups -OCH3 is 1. The van der Waals surface area contributed by atoms with E-state index >= 15 is 0 Å². The minimum absolute atomic E-state index is 0.207. The second-order valence-corrected chi connectivity index (χ2v) is 7.69. The van der Waals surface area contributed by atoms with Crippen LogP contribution in [0.5, 0.6) is 11.5 Å². The molecular weight excluding hydrogens is 348 g/mol. The Bertz CT molecular complexity index is 1010. The lowest BCUT2D eigenvalue weighted by atomic mass is 9.90. The van der Waals surface area contributed by atoms with Crippen LogP contribution >= 0.6 is 0 Å². The summed E-state index contributed by atoms with van der Waals surface area (Å²) in [6, 6.07) is 17.0. The fourth-order valence-electron chi connectivity index (χ4n) is 4.59. The number of nitrogens with one attached hydrogen (secondary N) is 1. The van der Waals surface area contributed by atoms with Crippen LogP contribution in [0.2, 0.25) is 0 Å². The van der Waals surface area contributed by atoms with Crippen molar-refractivity contribution in [1.82, 2.24) is 9.88 Å². The van der Waals surface area contributed by atoms with Crippen LogP contribution in [-0.2, 0) is 6.42 Å². The van der Waals surface area contributed by atoms with Crippen LogP contribution in [0.1, 0.15) is 18.4 Å². The van der Waals surface area contributed by atoms with Gasteiger partial charge in [-0.05, 0) is 48.4 Å². The lowest BCUT2D eigenvalue weighted by molar-refractivity contribution is 0.144. The molecule has 3 aromatic rings. The third-order valence-corrected chi connectivity index (χ3v) is 5.99. The lowest BCUT2D eigenvalue weighted by Gasteiger charge is -2.33. The molecule has 1 aromatic heterocycles. The molecule has 2 atom stereocenters. The van der Waals surface area contributed by atoms with Crippen LogP contribution < -0.4 is 14.8 Å². The molecule has 0 amide bonds. The standard InChI is InChI=1S/C24H26N2O2/c1-27-23-8-4-6-18-9-10-20(28-24(18)23)15-19-16-25-13-11-22(19)26-14-12-17-5-2-3-7-21(17)26/h2-8,11-12,14,19-20,25H,9-10,13,15-16H2,1H3. The normalized spacial score (nSPS) is 21.7. The van der Waals surface area contributed by atoms with Gasteiger partial charge in [0.15, 0.2) is 11.5 Å². The monoisotopic (exact) mass is 374 g/mol. The number of para-hydroxylation sites is 2. The van der Waals surface area contributed by atoms with Crippen molar-refractivity contribution in [2.45, 2.75) is 25.4 Å². The Labute approximate surface area is 165 Å². The van der Waals surface area contributed by atoms with Gasteiger partial charge in [-0.25, -0.2) is 0 Å². The Kier molecular flexibility index (Phi) is 4.57. The Morgan fingerprint density at radius 2 is 2.07 bits per heavy atom. The molecule has 5 rings (SSSR count). The van der Waals surface area contributed by atoms with Crippen molar-refractivity contribution in [2.75, 3.05) is 20.2 Å². The Morgan fingerprint density at radius 3 is 3.00 bits per heavy atom. The maximum absolute atomic E-state index is 6.42. The van der Waals surface area contributed by atoms with Gasteiger partial charge in [0, 0.05) is 30.9 Å². The van der Waals surface area contributed by atoms with E-state index in [1.54, 1.807) is 7.11 Å². The van der Waals surface area contributed by atoms with Crippen LogP contribution in [0.3, 0.4) is 0 Å². The fraction of sp³-hybridized carbons (Fsp3) is 0.333. The molecule has 0 saturated heterocycles. The van der Waals surface area contributed by atoms with E-state index in [0.29, 0.717) is 5.92 Å². The minimum Gasteiger partial charge on any atom is -0.493 e. The number of hydrogen-bond donors (Lipinski definition) is 1. The summed E-state index contributed by atoms with van der Waals surface area (Å²) in [5.41, 5.74) is 3.91. The lowest BCUT2D eigenvalue weighted by Crippen LogP contribution is -2.35. The van der Waals surface area contributed by atoms with Crippen LogP contribution in [0.25, 0.3) is 16.6 Å². The first-order chi connectivity index (χ1) is 13.8. The van der Waals surface area contributed by atoms with Crippen molar-refractivity contribution < 1.29 is 9.47 Å². The predicted octanol–water partition coefficient (Wildman–Crippen LogP) is 4.49. The third kappa shape index (κ3) is 3.08. The number of hydrogen-bond acceptors (Lipinski definition) is 3. The summed E-state index contributed by atoms with van der Waals surface area (Å²) in [6.07, 6.45) is 7.84. The van der Waals surface area contributed by atoms with Gasteiger partial charge in [0.05, 0.1) is 18.7 Å². The topological polar surface area (TPSA) is 35.4 Å². The average Bonchev–Trinajstić information content (AvgIpc) is 3.18. The van der Waals surface area contributed by atoms with Crippen molar-refractivity contribution >= 4 is 16.6 Å². The second-order valence-electron chi connectivity index (χ2n) is 7.69. The molecule has 0 saturated carbocycles. The van der Waals surface area contributed by atoms with Gasteiger partial charge >= 0.3 is 0 Å². The SMILES string of the molecule is COc1cccc2c1OC(CC1CNCC=C1n1ccc3ccccc31)CC2. The summed E-state index contributed by atoms with van der Waals surface area (Å²) < 4.78 is 14.3. The molecule has 2 aliphatic heterocycles. The highest BCUT2D eigenvalue weighted by molar-refractivity contribution is 5.83. The summed E-state index contributed by atoms with van der Waals surface area (Å²) >= 11 is 0. The number of aryl methyl sites for hydroxylation is 1. The van der Waals surface area contributed by atoms with E-state index in [1.165, 1.54) is 22.2 Å². The van der Waals surface area contributed by atoms with Gasteiger partial charge in [0.25, 0.3) is 0 Å². The number of benzene rings is 2. The maximum atomic E-state index is 6.42. The molecule has 0 spiro atoms. The zero-order chi connectivity index (χ0) is 18.9. The average molecular weight is 374 g/mol. The number of aromatic nitrogens is 1. The van der Waals surface area contributed by atoms with Gasteiger partial charge in [0.2, 0.25) is 0 Å². The molecule has 144 valence electrons. The highest BCUT2D eigenvalue weighted by atomic mass is 16.5. The summed E-state index contributed by atoms with van der Waals surface area (Å²) in [5, 5.41) is 4.82. The molecule has 0 bridgehead atoms. The molecule has 4 nitrogen and oxygen atoms in total. The van der Waals surface area contributed by atoms with E-state index < -0.39 is 0 Å². The zero-order valence-electron chi connectivity index (χ0n) is 16.2. The van der Waals surface area contributed by atoms with E-state index in [4.69, 9.17) is 9.47 Å². The molecule has 28 heavy (non-hydrogen) atoms. The van der Waals surface area contributed by atoms with Gasteiger partial charge in [-0.15, -0.1) is 0 Å². The van der Waals surface area contributed by atoms with E-state index in [0.717, 1.165) is 43.9 Å². The number of ether oxygens (including phenoxy) is 2. The summed E-state index contributed by atoms with van der Waals surface area (Å²) in [4.78, 5) is 0. The number of rotatable bonds is 4. The first-order valence-corrected chi connectivity index (χ1v) is 10.1. The van der Waals surface area contributed by atoms with Crippen LogP contribution in [0.15, 0.2) is 60.8 Å². The van der Waals surface area contributed by atoms with Gasteiger partial charge in [-0.2, -0.15) is 0 Å². The van der Waals surface area contributed by atoms with Crippen molar-refractivity contribution in [3.8, 4) is 11.5 Å². The molecule has 0 radical (unpaired) electrons. The smallest absolute Gasteiger partial charge is 0.164 e. The molecule has 2 unspecified atom stereocenters. The first-order valence-electron chi connectivity index (χ1n) is 10.1. The highest BCUT2D eigenvalue weighted by Gasteiger charge is 2.28. The molecule has 3 heterocycles. The van der Waals surface area contributed by atoms with Gasteiger partial charge in [0.1, 0.15) is 0 Å². The van der Waals surface area contributed by atoms with Crippen molar-refractivity contribution in [1.29, 1.82) is 0 Å². The van der Waals surface area contributed by atoms with Crippen LogP contribution in [-0.4, -0.2) is 30.9 Å². The van der Waals surface area contributed by atoms with E-state index in [9.17, 15) is 0 Å². The fourth-order valence-corrected chi connectivity index (χ4v) is 4.59. The van der Waals surface area contributed by atoms with Crippen LogP contribution in [0, 0.1) is 5.92 Å². The first kappa shape index (κ1) is 17.4. The minimum atomic E-state index is 0.207. The van der Waals surface area contributed by atoms with Gasteiger partial charge in [-0.1, -0.05) is 36.4 Å². The summed E-state index contributed by atoms with van der Waals surface area (Å²) in [7, 11) is 1.71. The zero-order valence-corrected chi connectivity index (χ0v) is 16.2. The predicted molar refractivity (Wildman–Crippen MR) is 113 cm³/mol. The van der Waals surface area contributed by atoms with Crippen LogP contribution in [0.4, 0.5) is 0 Å². The Hall–Kier alpha value is -2.72. The number of fused-ring (bicyclic) bond motifs is 2. The highest BCUT2D eigenvalue weighted by Crippen LogP contribution is 2.39. The third-order valence-electron chi connectivity index (χ3n) is 5.99. The van der Waals surface area contributed by atoms with Crippen molar-refractivity contribution in [3.63, 3.8) is 0 Å². The van der Waals surface area contributed by atoms with E-state index in [2.05, 4.69) is 58.6 Å². The van der Waals surface area contributed by atoms with Gasteiger partial charge < -0.3 is 19.4 Å². The quantitative estimate of drug-likeness (QED) is 0.731. The van der Waals surface area contributed by atoms with Crippen molar-refractivity contribution in [2.24, 2.45) is 5.92 Å². The number of nitrogens with zero attached hydrogens (tertiary/aromatic N) is 1. The molecule has 4 heteroatoms. The summed E-state index contributed by atoms with van der Waals surface area (Å²) in [5.74, 6) is 2.20.